The summed E-state index contributed by atoms with van der Waals surface area (Å²) >= 11 is 0. The van der Waals surface area contributed by atoms with Crippen LogP contribution in [0.3, 0.4) is 0 Å². The van der Waals surface area contributed by atoms with Crippen LogP contribution in [0.5, 0.6) is 0 Å². The Morgan fingerprint density at radius 2 is 1.84 bits per heavy atom. The average Bonchev–Trinajstić information content (AvgIpc) is 2.36. The number of hydrogen-bond donors (Lipinski definition) is 0. The molecule has 5 nitrogen and oxygen atoms in total. The summed E-state index contributed by atoms with van der Waals surface area (Å²) in [7, 11) is 0. The second kappa shape index (κ2) is 5.30. The number of benzene rings is 1. The zero-order chi connectivity index (χ0) is 13.8. The normalized spacial score (nSPS) is 10.8. The Morgan fingerprint density at radius 3 is 2.42 bits per heavy atom. The first-order valence-electron chi connectivity index (χ1n) is 5.59. The van der Waals surface area contributed by atoms with Gasteiger partial charge in [0.2, 0.25) is 0 Å². The third-order valence-electron chi connectivity index (χ3n) is 2.45. The van der Waals surface area contributed by atoms with Crippen molar-refractivity contribution in [3.05, 3.63) is 73.8 Å². The first-order chi connectivity index (χ1) is 9.04. The van der Waals surface area contributed by atoms with E-state index >= 15 is 0 Å². The fourth-order valence-electron chi connectivity index (χ4n) is 1.59. The van der Waals surface area contributed by atoms with Gasteiger partial charge in [-0.15, -0.1) is 0 Å². The molecular weight excluding hydrogens is 246 g/mol. The number of nitrogens with zero attached hydrogens (tertiary/aromatic N) is 1. The van der Waals surface area contributed by atoms with Crippen molar-refractivity contribution in [2.45, 2.75) is 6.92 Å². The molecule has 2 rings (SSSR count). The Hall–Kier alpha value is -2.69. The molecule has 0 saturated heterocycles. The maximum Gasteiger partial charge on any atom is 0.269 e. The van der Waals surface area contributed by atoms with E-state index in [0.717, 1.165) is 5.56 Å². The van der Waals surface area contributed by atoms with Gasteiger partial charge in [-0.1, -0.05) is 6.08 Å². The molecule has 5 heteroatoms. The van der Waals surface area contributed by atoms with E-state index in [4.69, 9.17) is 4.42 Å². The average molecular weight is 257 g/mol. The highest BCUT2D eigenvalue weighted by Crippen LogP contribution is 2.14. The molecule has 0 amide bonds. The van der Waals surface area contributed by atoms with Crippen molar-refractivity contribution in [1.29, 1.82) is 0 Å². The van der Waals surface area contributed by atoms with Gasteiger partial charge in [-0.05, 0) is 30.7 Å². The van der Waals surface area contributed by atoms with E-state index in [-0.39, 0.29) is 11.1 Å². The van der Waals surface area contributed by atoms with Crippen LogP contribution in [0.2, 0.25) is 0 Å². The quantitative estimate of drug-likeness (QED) is 0.625. The van der Waals surface area contributed by atoms with Crippen molar-refractivity contribution >= 4 is 17.8 Å². The van der Waals surface area contributed by atoms with Crippen LogP contribution < -0.4 is 5.43 Å². The van der Waals surface area contributed by atoms with Crippen LogP contribution in [0, 0.1) is 17.0 Å². The summed E-state index contributed by atoms with van der Waals surface area (Å²) in [6, 6.07) is 8.89. The van der Waals surface area contributed by atoms with E-state index < -0.39 is 4.92 Å². The summed E-state index contributed by atoms with van der Waals surface area (Å²) in [4.78, 5) is 21.3. The van der Waals surface area contributed by atoms with Gasteiger partial charge in [-0.25, -0.2) is 0 Å². The number of rotatable bonds is 3. The van der Waals surface area contributed by atoms with Gasteiger partial charge in [-0.2, -0.15) is 0 Å². The van der Waals surface area contributed by atoms with Crippen molar-refractivity contribution in [3.8, 4) is 0 Å². The predicted octanol–water partition coefficient (Wildman–Crippen LogP) is 3.03. The van der Waals surface area contributed by atoms with Crippen LogP contribution in [0.15, 0.2) is 45.6 Å². The minimum Gasteiger partial charge on any atom is -0.462 e. The summed E-state index contributed by atoms with van der Waals surface area (Å²) in [5, 5.41) is 10.5. The fourth-order valence-corrected chi connectivity index (χ4v) is 1.59. The lowest BCUT2D eigenvalue weighted by molar-refractivity contribution is -0.384. The highest BCUT2D eigenvalue weighted by atomic mass is 16.6. The maximum atomic E-state index is 11.3. The van der Waals surface area contributed by atoms with Gasteiger partial charge < -0.3 is 4.42 Å². The van der Waals surface area contributed by atoms with Crippen LogP contribution in [0.1, 0.15) is 17.1 Å². The monoisotopic (exact) mass is 257 g/mol. The van der Waals surface area contributed by atoms with Crippen LogP contribution in [0.25, 0.3) is 12.2 Å². The summed E-state index contributed by atoms with van der Waals surface area (Å²) in [5.74, 6) is 0.985. The summed E-state index contributed by atoms with van der Waals surface area (Å²) in [5.41, 5.74) is 0.709. The minimum atomic E-state index is -0.451. The van der Waals surface area contributed by atoms with Gasteiger partial charge in [0.1, 0.15) is 11.5 Å². The van der Waals surface area contributed by atoms with Crippen LogP contribution in [0.4, 0.5) is 5.69 Å². The zero-order valence-corrected chi connectivity index (χ0v) is 10.2. The molecule has 0 aliphatic rings. The molecule has 0 radical (unpaired) electrons. The number of nitro groups is 1. The molecule has 1 aromatic carbocycles. The predicted molar refractivity (Wildman–Crippen MR) is 71.7 cm³/mol. The van der Waals surface area contributed by atoms with Gasteiger partial charge in [0.05, 0.1) is 4.92 Å². The number of aryl methyl sites for hydroxylation is 1. The third kappa shape index (κ3) is 3.38. The Labute approximate surface area is 109 Å². The van der Waals surface area contributed by atoms with E-state index in [1.807, 2.05) is 0 Å². The Morgan fingerprint density at radius 1 is 1.16 bits per heavy atom. The highest BCUT2D eigenvalue weighted by Gasteiger charge is 2.02. The minimum absolute atomic E-state index is 0.0410. The smallest absolute Gasteiger partial charge is 0.269 e. The Kier molecular flexibility index (Phi) is 3.56. The summed E-state index contributed by atoms with van der Waals surface area (Å²) in [6.45, 7) is 1.70. The lowest BCUT2D eigenvalue weighted by Crippen LogP contribution is -1.97. The van der Waals surface area contributed by atoms with Crippen LogP contribution in [-0.2, 0) is 0 Å². The highest BCUT2D eigenvalue weighted by molar-refractivity contribution is 5.67. The molecule has 0 fully saturated rings. The van der Waals surface area contributed by atoms with Crippen molar-refractivity contribution in [1.82, 2.24) is 0 Å². The van der Waals surface area contributed by atoms with Crippen molar-refractivity contribution < 1.29 is 9.34 Å². The van der Waals surface area contributed by atoms with E-state index in [0.29, 0.717) is 11.5 Å². The van der Waals surface area contributed by atoms with E-state index in [2.05, 4.69) is 0 Å². The SMILES string of the molecule is Cc1cc(=O)cc(/C=C/c2ccc([N+](=O)[O-])cc2)o1. The standard InChI is InChI=1S/C14H11NO4/c1-10-8-13(16)9-14(19-10)7-4-11-2-5-12(6-3-11)15(17)18/h2-9H,1H3/b7-4+. The maximum absolute atomic E-state index is 11.3. The largest absolute Gasteiger partial charge is 0.462 e. The number of hydrogen-bond acceptors (Lipinski definition) is 4. The fraction of sp³-hybridized carbons (Fsp3) is 0.0714. The first kappa shape index (κ1) is 12.8. The molecule has 0 atom stereocenters. The van der Waals surface area contributed by atoms with E-state index in [1.165, 1.54) is 24.3 Å². The molecular formula is C14H11NO4. The third-order valence-corrected chi connectivity index (χ3v) is 2.45. The Balaban J connectivity index is 2.22. The lowest BCUT2D eigenvalue weighted by atomic mass is 10.2. The van der Waals surface area contributed by atoms with Gasteiger partial charge in [0, 0.05) is 24.3 Å². The molecule has 0 aliphatic carbocycles. The van der Waals surface area contributed by atoms with E-state index in [9.17, 15) is 14.9 Å². The molecule has 1 aromatic heterocycles. The zero-order valence-electron chi connectivity index (χ0n) is 10.2. The van der Waals surface area contributed by atoms with E-state index in [1.54, 1.807) is 31.2 Å². The summed E-state index contributed by atoms with van der Waals surface area (Å²) < 4.78 is 5.35. The molecule has 1 heterocycles. The van der Waals surface area contributed by atoms with Crippen molar-refractivity contribution in [2.75, 3.05) is 0 Å². The summed E-state index contributed by atoms with van der Waals surface area (Å²) in [6.07, 6.45) is 3.37. The second-order valence-corrected chi connectivity index (χ2v) is 3.99. The molecule has 0 aliphatic heterocycles. The van der Waals surface area contributed by atoms with Crippen LogP contribution in [-0.4, -0.2) is 4.92 Å². The lowest BCUT2D eigenvalue weighted by Gasteiger charge is -1.96. The molecule has 0 unspecified atom stereocenters. The van der Waals surface area contributed by atoms with Crippen molar-refractivity contribution in [2.24, 2.45) is 0 Å². The molecule has 96 valence electrons. The molecule has 2 aromatic rings. The second-order valence-electron chi connectivity index (χ2n) is 3.99. The topological polar surface area (TPSA) is 73.3 Å². The van der Waals surface area contributed by atoms with Gasteiger partial charge >= 0.3 is 0 Å². The first-order valence-corrected chi connectivity index (χ1v) is 5.59. The molecule has 0 N–H and O–H groups in total. The van der Waals surface area contributed by atoms with Crippen molar-refractivity contribution in [3.63, 3.8) is 0 Å². The Bertz CT molecular complexity index is 683. The molecule has 19 heavy (non-hydrogen) atoms. The van der Waals surface area contributed by atoms with Gasteiger partial charge in [0.25, 0.3) is 5.69 Å². The molecule has 0 spiro atoms. The molecule has 0 bridgehead atoms. The van der Waals surface area contributed by atoms with Crippen LogP contribution >= 0.6 is 0 Å². The van der Waals surface area contributed by atoms with Gasteiger partial charge in [0.15, 0.2) is 5.43 Å². The number of non-ortho nitro benzene ring substituents is 1. The van der Waals surface area contributed by atoms with Gasteiger partial charge in [-0.3, -0.25) is 14.9 Å². The molecule has 0 saturated carbocycles. The number of nitro benzene ring substituents is 1.